The molecule has 0 fully saturated rings. The molecule has 3 aromatic carbocycles. The van der Waals surface area contributed by atoms with Crippen LogP contribution in [0.1, 0.15) is 42.2 Å². The zero-order valence-corrected chi connectivity index (χ0v) is 20.0. The number of para-hydroxylation sites is 1. The Bertz CT molecular complexity index is 1070. The van der Waals surface area contributed by atoms with Gasteiger partial charge in [0, 0.05) is 18.5 Å². The number of benzene rings is 3. The number of nitrogens with zero attached hydrogens (tertiary/aromatic N) is 2. The van der Waals surface area contributed by atoms with E-state index in [2.05, 4.69) is 52.6 Å². The standard InChI is InChI=1S/C17H21NO.C11H12N2O2/c1-14-8-6-7-11-16(14)19-17(12-13-18-2)15-9-4-3-5-10-15;1-2-12-11-13-10(14)9(15-11)8-6-4-3-5-7-8/h3-11,17-18H,12-13H2,1-2H3;3-7,9H,2H2,1H3,(H,12,13,14)/t17-;/m1./s1. The summed E-state index contributed by atoms with van der Waals surface area (Å²) in [6, 6.07) is 28.3. The van der Waals surface area contributed by atoms with Gasteiger partial charge in [-0.05, 0) is 44.6 Å². The lowest BCUT2D eigenvalue weighted by Crippen LogP contribution is -2.16. The van der Waals surface area contributed by atoms with Gasteiger partial charge in [0.15, 0.2) is 0 Å². The maximum absolute atomic E-state index is 9.58. The molecule has 6 nitrogen and oxygen atoms in total. The Labute approximate surface area is 202 Å². The fraction of sp³-hybridized carbons (Fsp3) is 0.286. The molecule has 2 N–H and O–H groups in total. The maximum atomic E-state index is 9.58. The molecule has 0 saturated heterocycles. The predicted molar refractivity (Wildman–Crippen MR) is 138 cm³/mol. The summed E-state index contributed by atoms with van der Waals surface area (Å²) in [5, 5.41) is 12.8. The first-order valence-corrected chi connectivity index (χ1v) is 11.6. The van der Waals surface area contributed by atoms with Crippen molar-refractivity contribution in [3.05, 3.63) is 102 Å². The van der Waals surface area contributed by atoms with Gasteiger partial charge in [0.2, 0.25) is 12.0 Å². The number of hydrogen-bond acceptors (Lipinski definition) is 4. The third kappa shape index (κ3) is 7.18. The number of amidine groups is 1. The smallest absolute Gasteiger partial charge is 0.315 e. The van der Waals surface area contributed by atoms with Crippen LogP contribution in [0.4, 0.5) is 0 Å². The highest BCUT2D eigenvalue weighted by Gasteiger charge is 2.27. The Hall–Kier alpha value is -3.64. The van der Waals surface area contributed by atoms with Crippen LogP contribution in [0.25, 0.3) is 0 Å². The van der Waals surface area contributed by atoms with Crippen LogP contribution < -0.4 is 10.1 Å². The van der Waals surface area contributed by atoms with Crippen molar-refractivity contribution in [3.63, 3.8) is 0 Å². The third-order valence-corrected chi connectivity index (χ3v) is 5.25. The molecule has 0 aliphatic carbocycles. The highest BCUT2D eigenvalue weighted by atomic mass is 16.5. The van der Waals surface area contributed by atoms with Gasteiger partial charge in [-0.3, -0.25) is 0 Å². The molecule has 1 unspecified atom stereocenters. The molecule has 178 valence electrons. The van der Waals surface area contributed by atoms with E-state index >= 15 is 0 Å². The normalized spacial score (nSPS) is 16.7. The number of nitrogens with one attached hydrogen (secondary N) is 1. The van der Waals surface area contributed by atoms with Gasteiger partial charge in [-0.2, -0.15) is 4.99 Å². The summed E-state index contributed by atoms with van der Waals surface area (Å²) in [4.78, 5) is 7.83. The van der Waals surface area contributed by atoms with Crippen molar-refractivity contribution >= 4 is 11.9 Å². The molecule has 0 radical (unpaired) electrons. The van der Waals surface area contributed by atoms with Crippen molar-refractivity contribution in [2.75, 3.05) is 20.1 Å². The number of ether oxygens (including phenoxy) is 2. The van der Waals surface area contributed by atoms with Crippen LogP contribution in [-0.2, 0) is 4.74 Å². The molecule has 0 bridgehead atoms. The van der Waals surface area contributed by atoms with Crippen LogP contribution in [-0.4, -0.2) is 37.2 Å². The highest BCUT2D eigenvalue weighted by Crippen LogP contribution is 2.27. The monoisotopic (exact) mass is 459 g/mol. The Balaban J connectivity index is 0.000000196. The fourth-order valence-electron chi connectivity index (χ4n) is 3.47. The number of hydrogen-bond donors (Lipinski definition) is 2. The third-order valence-electron chi connectivity index (χ3n) is 5.25. The average Bonchev–Trinajstić information content (AvgIpc) is 3.24. The summed E-state index contributed by atoms with van der Waals surface area (Å²) < 4.78 is 11.6. The van der Waals surface area contributed by atoms with Crippen molar-refractivity contribution in [1.82, 2.24) is 5.32 Å². The lowest BCUT2D eigenvalue weighted by atomic mass is 10.1. The fourth-order valence-corrected chi connectivity index (χ4v) is 3.47. The lowest BCUT2D eigenvalue weighted by molar-refractivity contribution is 0.193. The summed E-state index contributed by atoms with van der Waals surface area (Å²) >= 11 is 0. The van der Waals surface area contributed by atoms with E-state index in [1.54, 1.807) is 0 Å². The predicted octanol–water partition coefficient (Wildman–Crippen LogP) is 5.81. The Morgan fingerprint density at radius 1 is 1.00 bits per heavy atom. The van der Waals surface area contributed by atoms with E-state index < -0.39 is 6.10 Å². The van der Waals surface area contributed by atoms with Crippen LogP contribution in [0.15, 0.2) is 94.9 Å². The van der Waals surface area contributed by atoms with E-state index in [-0.39, 0.29) is 18.0 Å². The van der Waals surface area contributed by atoms with Gasteiger partial charge in [0.1, 0.15) is 11.9 Å². The molecule has 34 heavy (non-hydrogen) atoms. The lowest BCUT2D eigenvalue weighted by Gasteiger charge is -2.20. The summed E-state index contributed by atoms with van der Waals surface area (Å²) in [6.07, 6.45) is 0.542. The van der Waals surface area contributed by atoms with Crippen molar-refractivity contribution in [3.8, 4) is 5.75 Å². The SMILES string of the molecule is CCN=C1N=C(O)C(c2ccccc2)O1.CNCC[C@@H](Oc1ccccc1C)c1ccccc1. The van der Waals surface area contributed by atoms with Crippen LogP contribution in [0.5, 0.6) is 5.75 Å². The summed E-state index contributed by atoms with van der Waals surface area (Å²) in [5.74, 6) is 0.931. The Kier molecular flexibility index (Phi) is 9.67. The highest BCUT2D eigenvalue weighted by molar-refractivity contribution is 5.97. The minimum Gasteiger partial charge on any atom is -0.493 e. The van der Waals surface area contributed by atoms with Crippen LogP contribution in [0, 0.1) is 6.92 Å². The second kappa shape index (κ2) is 13.2. The number of aliphatic hydroxyl groups is 1. The molecule has 1 aliphatic heterocycles. The second-order valence-electron chi connectivity index (χ2n) is 7.81. The van der Waals surface area contributed by atoms with Gasteiger partial charge >= 0.3 is 6.02 Å². The number of aliphatic hydroxyl groups excluding tert-OH is 1. The summed E-state index contributed by atoms with van der Waals surface area (Å²) in [5.41, 5.74) is 3.27. The molecular formula is C28H33N3O3. The molecule has 0 aromatic heterocycles. The largest absolute Gasteiger partial charge is 0.493 e. The quantitative estimate of drug-likeness (QED) is 0.445. The maximum Gasteiger partial charge on any atom is 0.315 e. The topological polar surface area (TPSA) is 75.4 Å². The number of aryl methyl sites for hydroxylation is 1. The molecule has 1 heterocycles. The first-order chi connectivity index (χ1) is 16.6. The molecule has 2 atom stereocenters. The molecule has 6 heteroatoms. The zero-order chi connectivity index (χ0) is 24.2. The average molecular weight is 460 g/mol. The van der Waals surface area contributed by atoms with E-state index in [0.29, 0.717) is 6.54 Å². The molecule has 0 saturated carbocycles. The van der Waals surface area contributed by atoms with Gasteiger partial charge in [-0.15, -0.1) is 0 Å². The van der Waals surface area contributed by atoms with Gasteiger partial charge in [0.25, 0.3) is 0 Å². The molecule has 0 spiro atoms. The van der Waals surface area contributed by atoms with E-state index in [0.717, 1.165) is 24.3 Å². The number of aliphatic imine (C=N–C) groups is 2. The van der Waals surface area contributed by atoms with Gasteiger partial charge < -0.3 is 19.9 Å². The van der Waals surface area contributed by atoms with Crippen LogP contribution >= 0.6 is 0 Å². The van der Waals surface area contributed by atoms with E-state index in [1.165, 1.54) is 11.1 Å². The molecule has 4 rings (SSSR count). The van der Waals surface area contributed by atoms with Gasteiger partial charge in [-0.25, -0.2) is 4.99 Å². The van der Waals surface area contributed by atoms with E-state index in [9.17, 15) is 5.11 Å². The van der Waals surface area contributed by atoms with Gasteiger partial charge in [0.05, 0.1) is 0 Å². The summed E-state index contributed by atoms with van der Waals surface area (Å²) in [7, 11) is 1.97. The van der Waals surface area contributed by atoms with Crippen molar-refractivity contribution in [2.24, 2.45) is 9.98 Å². The van der Waals surface area contributed by atoms with Crippen molar-refractivity contribution in [2.45, 2.75) is 32.5 Å². The van der Waals surface area contributed by atoms with E-state index in [4.69, 9.17) is 9.47 Å². The zero-order valence-electron chi connectivity index (χ0n) is 20.0. The van der Waals surface area contributed by atoms with Crippen molar-refractivity contribution in [1.29, 1.82) is 0 Å². The first kappa shape index (κ1) is 25.0. The molecular weight excluding hydrogens is 426 g/mol. The second-order valence-corrected chi connectivity index (χ2v) is 7.81. The molecule has 3 aromatic rings. The first-order valence-electron chi connectivity index (χ1n) is 11.6. The van der Waals surface area contributed by atoms with Crippen molar-refractivity contribution < 1.29 is 14.6 Å². The molecule has 0 amide bonds. The van der Waals surface area contributed by atoms with E-state index in [1.807, 2.05) is 68.6 Å². The Morgan fingerprint density at radius 3 is 2.29 bits per heavy atom. The van der Waals surface area contributed by atoms with Gasteiger partial charge in [-0.1, -0.05) is 78.9 Å². The molecule has 1 aliphatic rings. The minimum absolute atomic E-state index is 0.0339. The number of rotatable bonds is 8. The minimum atomic E-state index is -0.503. The Morgan fingerprint density at radius 2 is 1.65 bits per heavy atom. The van der Waals surface area contributed by atoms with Crippen LogP contribution in [0.3, 0.4) is 0 Å². The van der Waals surface area contributed by atoms with Crippen LogP contribution in [0.2, 0.25) is 0 Å². The summed E-state index contributed by atoms with van der Waals surface area (Å²) in [6.45, 7) is 5.49.